The SMILES string of the molecule is CN(C)C(c1ccc(C(=O)O)cc1)C(C)(C)C. The molecule has 0 fully saturated rings. The predicted octanol–water partition coefficient (Wildman–Crippen LogP) is 3.03. The molecule has 1 aromatic rings. The van der Waals surface area contributed by atoms with Crippen LogP contribution in [-0.4, -0.2) is 30.1 Å². The second-order valence-corrected chi connectivity index (χ2v) is 5.66. The average molecular weight is 235 g/mol. The van der Waals surface area contributed by atoms with E-state index in [9.17, 15) is 4.79 Å². The molecule has 1 unspecified atom stereocenters. The summed E-state index contributed by atoms with van der Waals surface area (Å²) in [5.41, 5.74) is 1.58. The van der Waals surface area contributed by atoms with Gasteiger partial charge in [-0.2, -0.15) is 0 Å². The summed E-state index contributed by atoms with van der Waals surface area (Å²) in [6.45, 7) is 6.55. The highest BCUT2D eigenvalue weighted by molar-refractivity contribution is 5.87. The van der Waals surface area contributed by atoms with Gasteiger partial charge in [0.15, 0.2) is 0 Å². The Morgan fingerprint density at radius 2 is 1.65 bits per heavy atom. The number of hydrogen-bond acceptors (Lipinski definition) is 2. The standard InChI is InChI=1S/C14H21NO2/c1-14(2,3)12(15(4)5)10-6-8-11(9-7-10)13(16)17/h6-9,12H,1-5H3,(H,16,17). The van der Waals surface area contributed by atoms with E-state index in [1.54, 1.807) is 12.1 Å². The Morgan fingerprint density at radius 3 is 1.94 bits per heavy atom. The van der Waals surface area contributed by atoms with E-state index in [0.29, 0.717) is 5.56 Å². The molecule has 0 aliphatic carbocycles. The third-order valence-electron chi connectivity index (χ3n) is 2.81. The fourth-order valence-electron chi connectivity index (χ4n) is 2.38. The largest absolute Gasteiger partial charge is 0.478 e. The second-order valence-electron chi connectivity index (χ2n) is 5.66. The summed E-state index contributed by atoms with van der Waals surface area (Å²) in [5, 5.41) is 8.87. The highest BCUT2D eigenvalue weighted by Gasteiger charge is 2.28. The molecule has 0 spiro atoms. The predicted molar refractivity (Wildman–Crippen MR) is 69.3 cm³/mol. The first-order valence-corrected chi connectivity index (χ1v) is 5.73. The minimum Gasteiger partial charge on any atom is -0.478 e. The molecule has 0 radical (unpaired) electrons. The molecule has 0 bridgehead atoms. The van der Waals surface area contributed by atoms with Gasteiger partial charge in [-0.25, -0.2) is 4.79 Å². The lowest BCUT2D eigenvalue weighted by Crippen LogP contribution is -2.31. The van der Waals surface area contributed by atoms with Crippen LogP contribution >= 0.6 is 0 Å². The molecule has 1 atom stereocenters. The Morgan fingerprint density at radius 1 is 1.18 bits per heavy atom. The summed E-state index contributed by atoms with van der Waals surface area (Å²) in [5.74, 6) is -0.881. The number of hydrogen-bond donors (Lipinski definition) is 1. The van der Waals surface area contributed by atoms with Crippen LogP contribution in [0.3, 0.4) is 0 Å². The van der Waals surface area contributed by atoms with Crippen LogP contribution in [-0.2, 0) is 0 Å². The topological polar surface area (TPSA) is 40.5 Å². The van der Waals surface area contributed by atoms with Crippen molar-refractivity contribution in [3.05, 3.63) is 35.4 Å². The van der Waals surface area contributed by atoms with Gasteiger partial charge < -0.3 is 10.0 Å². The molecule has 1 rings (SSSR count). The molecule has 17 heavy (non-hydrogen) atoms. The van der Waals surface area contributed by atoms with E-state index < -0.39 is 5.97 Å². The van der Waals surface area contributed by atoms with Crippen molar-refractivity contribution >= 4 is 5.97 Å². The zero-order valence-corrected chi connectivity index (χ0v) is 11.2. The number of benzene rings is 1. The average Bonchev–Trinajstić information content (AvgIpc) is 2.15. The molecule has 0 aliphatic heterocycles. The van der Waals surface area contributed by atoms with E-state index >= 15 is 0 Å². The molecule has 1 N–H and O–H groups in total. The summed E-state index contributed by atoms with van der Waals surface area (Å²) in [4.78, 5) is 13.0. The van der Waals surface area contributed by atoms with Gasteiger partial charge in [0.1, 0.15) is 0 Å². The molecule has 1 aromatic carbocycles. The Balaban J connectivity index is 3.09. The van der Waals surface area contributed by atoms with Gasteiger partial charge >= 0.3 is 5.97 Å². The summed E-state index contributed by atoms with van der Waals surface area (Å²) >= 11 is 0. The van der Waals surface area contributed by atoms with Crippen molar-refractivity contribution in [1.82, 2.24) is 4.90 Å². The van der Waals surface area contributed by atoms with E-state index in [2.05, 4.69) is 25.7 Å². The number of nitrogens with zero attached hydrogens (tertiary/aromatic N) is 1. The number of carbonyl (C=O) groups is 1. The van der Waals surface area contributed by atoms with E-state index in [0.717, 1.165) is 5.56 Å². The molecule has 0 aliphatic rings. The molecular formula is C14H21NO2. The van der Waals surface area contributed by atoms with Crippen LogP contribution in [0.1, 0.15) is 42.7 Å². The minimum atomic E-state index is -0.881. The van der Waals surface area contributed by atoms with E-state index in [1.165, 1.54) is 0 Å². The first-order chi connectivity index (χ1) is 7.73. The number of rotatable bonds is 3. The van der Waals surface area contributed by atoms with Crippen LogP contribution in [0.4, 0.5) is 0 Å². The van der Waals surface area contributed by atoms with Gasteiger partial charge in [0, 0.05) is 6.04 Å². The molecule has 0 heterocycles. The highest BCUT2D eigenvalue weighted by Crippen LogP contribution is 2.36. The van der Waals surface area contributed by atoms with Crippen LogP contribution in [0.2, 0.25) is 0 Å². The molecule has 0 saturated heterocycles. The number of aromatic carboxylic acids is 1. The Hall–Kier alpha value is -1.35. The number of carboxylic acids is 1. The van der Waals surface area contributed by atoms with Gasteiger partial charge in [0.05, 0.1) is 5.56 Å². The lowest BCUT2D eigenvalue weighted by molar-refractivity contribution is 0.0697. The van der Waals surface area contributed by atoms with E-state index in [-0.39, 0.29) is 11.5 Å². The first kappa shape index (κ1) is 13.7. The maximum atomic E-state index is 10.8. The zero-order chi connectivity index (χ0) is 13.2. The lowest BCUT2D eigenvalue weighted by Gasteiger charge is -2.36. The molecule has 94 valence electrons. The van der Waals surface area contributed by atoms with Crippen LogP contribution in [0.15, 0.2) is 24.3 Å². The maximum Gasteiger partial charge on any atom is 0.335 e. The summed E-state index contributed by atoms with van der Waals surface area (Å²) in [6.07, 6.45) is 0. The highest BCUT2D eigenvalue weighted by atomic mass is 16.4. The zero-order valence-electron chi connectivity index (χ0n) is 11.2. The van der Waals surface area contributed by atoms with Crippen molar-refractivity contribution in [3.63, 3.8) is 0 Å². The van der Waals surface area contributed by atoms with Crippen LogP contribution in [0, 0.1) is 5.41 Å². The van der Waals surface area contributed by atoms with Gasteiger partial charge in [-0.15, -0.1) is 0 Å². The molecular weight excluding hydrogens is 214 g/mol. The number of carboxylic acid groups (broad SMARTS) is 1. The third-order valence-corrected chi connectivity index (χ3v) is 2.81. The van der Waals surface area contributed by atoms with Gasteiger partial charge in [-0.05, 0) is 37.2 Å². The van der Waals surface area contributed by atoms with Crippen molar-refractivity contribution in [1.29, 1.82) is 0 Å². The van der Waals surface area contributed by atoms with Crippen molar-refractivity contribution in [2.45, 2.75) is 26.8 Å². The lowest BCUT2D eigenvalue weighted by atomic mass is 9.81. The van der Waals surface area contributed by atoms with Crippen LogP contribution in [0.5, 0.6) is 0 Å². The van der Waals surface area contributed by atoms with Gasteiger partial charge in [0.2, 0.25) is 0 Å². The fourth-order valence-corrected chi connectivity index (χ4v) is 2.38. The van der Waals surface area contributed by atoms with Crippen molar-refractivity contribution in [3.8, 4) is 0 Å². The van der Waals surface area contributed by atoms with Gasteiger partial charge in [-0.1, -0.05) is 32.9 Å². The van der Waals surface area contributed by atoms with E-state index in [1.807, 2.05) is 26.2 Å². The van der Waals surface area contributed by atoms with Gasteiger partial charge in [0.25, 0.3) is 0 Å². The third kappa shape index (κ3) is 3.30. The van der Waals surface area contributed by atoms with Crippen LogP contribution in [0.25, 0.3) is 0 Å². The Kier molecular flexibility index (Phi) is 3.94. The second kappa shape index (κ2) is 4.88. The molecule has 3 nitrogen and oxygen atoms in total. The molecule has 0 amide bonds. The molecule has 0 aromatic heterocycles. The monoisotopic (exact) mass is 235 g/mol. The first-order valence-electron chi connectivity index (χ1n) is 5.73. The van der Waals surface area contributed by atoms with Crippen molar-refractivity contribution in [2.24, 2.45) is 5.41 Å². The van der Waals surface area contributed by atoms with Crippen LogP contribution < -0.4 is 0 Å². The van der Waals surface area contributed by atoms with Crippen molar-refractivity contribution in [2.75, 3.05) is 14.1 Å². The van der Waals surface area contributed by atoms with E-state index in [4.69, 9.17) is 5.11 Å². The normalized spacial score (nSPS) is 13.8. The fraction of sp³-hybridized carbons (Fsp3) is 0.500. The summed E-state index contributed by atoms with van der Waals surface area (Å²) < 4.78 is 0. The smallest absolute Gasteiger partial charge is 0.335 e. The molecule has 3 heteroatoms. The maximum absolute atomic E-state index is 10.8. The molecule has 0 saturated carbocycles. The quantitative estimate of drug-likeness (QED) is 0.875. The summed E-state index contributed by atoms with van der Waals surface area (Å²) in [6, 6.07) is 7.41. The minimum absolute atomic E-state index is 0.105. The summed E-state index contributed by atoms with van der Waals surface area (Å²) in [7, 11) is 4.09. The van der Waals surface area contributed by atoms with Crippen molar-refractivity contribution < 1.29 is 9.90 Å². The Labute approximate surface area is 103 Å². The van der Waals surface area contributed by atoms with Gasteiger partial charge in [-0.3, -0.25) is 0 Å². The Bertz CT molecular complexity index is 388.